The minimum atomic E-state index is -0.354. The Bertz CT molecular complexity index is 926. The molecule has 0 heterocycles. The third-order valence-electron chi connectivity index (χ3n) is 4.01. The number of benzene rings is 3. The molecular weight excluding hydrogens is 365 g/mol. The zero-order valence-electron chi connectivity index (χ0n) is 13.1. The van der Waals surface area contributed by atoms with Crippen molar-refractivity contribution < 1.29 is 13.9 Å². The zero-order chi connectivity index (χ0) is 18.0. The highest BCUT2D eigenvalue weighted by molar-refractivity contribution is 6.36. The molecule has 0 aliphatic carbocycles. The molecular formula is C20H14Cl2F2O. The Morgan fingerprint density at radius 3 is 2.36 bits per heavy atom. The fourth-order valence-electron chi connectivity index (χ4n) is 2.69. The van der Waals surface area contributed by atoms with Crippen LogP contribution in [0.15, 0.2) is 54.6 Å². The molecule has 0 unspecified atom stereocenters. The molecule has 128 valence electrons. The average molecular weight is 379 g/mol. The van der Waals surface area contributed by atoms with Gasteiger partial charge in [-0.2, -0.15) is 0 Å². The van der Waals surface area contributed by atoms with Crippen LogP contribution < -0.4 is 0 Å². The largest absolute Gasteiger partial charge is 0.506 e. The Balaban J connectivity index is 1.89. The minimum Gasteiger partial charge on any atom is -0.506 e. The lowest BCUT2D eigenvalue weighted by molar-refractivity contribution is 0.475. The Morgan fingerprint density at radius 1 is 0.840 bits per heavy atom. The maximum Gasteiger partial charge on any atom is 0.134 e. The Kier molecular flexibility index (Phi) is 5.26. The summed E-state index contributed by atoms with van der Waals surface area (Å²) >= 11 is 12.2. The SMILES string of the molecule is Oc1ccc(Cl)c(CCc2cc(-c3cccc(F)c3)ccc2F)c1Cl. The van der Waals surface area contributed by atoms with Gasteiger partial charge in [-0.25, -0.2) is 8.78 Å². The van der Waals surface area contributed by atoms with Gasteiger partial charge in [-0.15, -0.1) is 0 Å². The quantitative estimate of drug-likeness (QED) is 0.554. The van der Waals surface area contributed by atoms with Crippen molar-refractivity contribution in [3.05, 3.63) is 87.4 Å². The van der Waals surface area contributed by atoms with E-state index in [2.05, 4.69) is 0 Å². The number of aromatic hydroxyl groups is 1. The number of hydrogen-bond acceptors (Lipinski definition) is 1. The van der Waals surface area contributed by atoms with E-state index in [4.69, 9.17) is 23.2 Å². The van der Waals surface area contributed by atoms with E-state index >= 15 is 0 Å². The van der Waals surface area contributed by atoms with Crippen LogP contribution in [0.25, 0.3) is 11.1 Å². The Morgan fingerprint density at radius 2 is 1.60 bits per heavy atom. The fraction of sp³-hybridized carbons (Fsp3) is 0.100. The molecule has 3 aromatic rings. The van der Waals surface area contributed by atoms with Crippen LogP contribution in [-0.4, -0.2) is 5.11 Å². The molecule has 0 aromatic heterocycles. The number of aryl methyl sites for hydroxylation is 1. The highest BCUT2D eigenvalue weighted by Crippen LogP contribution is 2.33. The van der Waals surface area contributed by atoms with E-state index in [0.29, 0.717) is 34.6 Å². The van der Waals surface area contributed by atoms with E-state index in [0.717, 1.165) is 5.56 Å². The van der Waals surface area contributed by atoms with Gasteiger partial charge in [0.15, 0.2) is 0 Å². The van der Waals surface area contributed by atoms with Crippen molar-refractivity contribution >= 4 is 23.2 Å². The first-order valence-electron chi connectivity index (χ1n) is 7.66. The van der Waals surface area contributed by atoms with Crippen LogP contribution in [0.3, 0.4) is 0 Å². The summed E-state index contributed by atoms with van der Waals surface area (Å²) < 4.78 is 27.6. The molecule has 25 heavy (non-hydrogen) atoms. The molecule has 0 saturated carbocycles. The summed E-state index contributed by atoms with van der Waals surface area (Å²) in [4.78, 5) is 0. The number of hydrogen-bond donors (Lipinski definition) is 1. The van der Waals surface area contributed by atoms with Crippen LogP contribution in [0.5, 0.6) is 5.75 Å². The number of rotatable bonds is 4. The van der Waals surface area contributed by atoms with Crippen LogP contribution in [0, 0.1) is 11.6 Å². The highest BCUT2D eigenvalue weighted by atomic mass is 35.5. The van der Waals surface area contributed by atoms with Crippen LogP contribution in [0.4, 0.5) is 8.78 Å². The summed E-state index contributed by atoms with van der Waals surface area (Å²) in [6, 6.07) is 13.8. The predicted octanol–water partition coefficient (Wildman–Crippen LogP) is 6.43. The maximum atomic E-state index is 14.2. The van der Waals surface area contributed by atoms with Crippen molar-refractivity contribution in [1.29, 1.82) is 0 Å². The first-order valence-corrected chi connectivity index (χ1v) is 8.41. The molecule has 0 spiro atoms. The Labute approximate surface area is 154 Å². The van der Waals surface area contributed by atoms with Crippen molar-refractivity contribution in [2.45, 2.75) is 12.8 Å². The number of phenolic OH excluding ortho intramolecular Hbond substituents is 1. The van der Waals surface area contributed by atoms with Crippen molar-refractivity contribution in [1.82, 2.24) is 0 Å². The van der Waals surface area contributed by atoms with E-state index in [1.54, 1.807) is 30.3 Å². The summed E-state index contributed by atoms with van der Waals surface area (Å²) in [6.45, 7) is 0. The second-order valence-corrected chi connectivity index (χ2v) is 6.46. The molecule has 1 N–H and O–H groups in total. The van der Waals surface area contributed by atoms with Gasteiger partial charge in [-0.1, -0.05) is 41.4 Å². The van der Waals surface area contributed by atoms with Gasteiger partial charge >= 0.3 is 0 Å². The summed E-state index contributed by atoms with van der Waals surface area (Å²) in [7, 11) is 0. The predicted molar refractivity (Wildman–Crippen MR) is 97.3 cm³/mol. The van der Waals surface area contributed by atoms with Gasteiger partial charge in [0, 0.05) is 5.02 Å². The van der Waals surface area contributed by atoms with E-state index in [9.17, 15) is 13.9 Å². The second-order valence-electron chi connectivity index (χ2n) is 5.68. The van der Waals surface area contributed by atoms with Gasteiger partial charge < -0.3 is 5.11 Å². The van der Waals surface area contributed by atoms with E-state index in [-0.39, 0.29) is 22.4 Å². The molecule has 0 bridgehead atoms. The second kappa shape index (κ2) is 7.42. The molecule has 5 heteroatoms. The van der Waals surface area contributed by atoms with E-state index < -0.39 is 0 Å². The Hall–Kier alpha value is -2.10. The van der Waals surface area contributed by atoms with Crippen molar-refractivity contribution in [2.75, 3.05) is 0 Å². The number of halogens is 4. The summed E-state index contributed by atoms with van der Waals surface area (Å²) in [5.74, 6) is -0.760. The smallest absolute Gasteiger partial charge is 0.134 e. The molecule has 0 saturated heterocycles. The lowest BCUT2D eigenvalue weighted by Crippen LogP contribution is -1.97. The van der Waals surface area contributed by atoms with Gasteiger partial charge in [0.2, 0.25) is 0 Å². The fourth-order valence-corrected chi connectivity index (χ4v) is 3.25. The van der Waals surface area contributed by atoms with Crippen molar-refractivity contribution in [3.63, 3.8) is 0 Å². The maximum absolute atomic E-state index is 14.2. The minimum absolute atomic E-state index is 0.0601. The van der Waals surface area contributed by atoms with Gasteiger partial charge in [-0.05, 0) is 71.5 Å². The normalized spacial score (nSPS) is 10.9. The highest BCUT2D eigenvalue weighted by Gasteiger charge is 2.12. The molecule has 0 atom stereocenters. The van der Waals surface area contributed by atoms with Crippen molar-refractivity contribution in [3.8, 4) is 16.9 Å². The molecule has 3 rings (SSSR count). The first-order chi connectivity index (χ1) is 12.0. The third-order valence-corrected chi connectivity index (χ3v) is 4.79. The van der Waals surface area contributed by atoms with E-state index in [1.807, 2.05) is 0 Å². The molecule has 1 nitrogen and oxygen atoms in total. The summed E-state index contributed by atoms with van der Waals surface area (Å²) in [5, 5.41) is 10.3. The van der Waals surface area contributed by atoms with Gasteiger partial charge in [0.1, 0.15) is 17.4 Å². The van der Waals surface area contributed by atoms with Crippen molar-refractivity contribution in [2.24, 2.45) is 0 Å². The van der Waals surface area contributed by atoms with Crippen LogP contribution in [0.1, 0.15) is 11.1 Å². The lowest BCUT2D eigenvalue weighted by Gasteiger charge is -2.10. The lowest BCUT2D eigenvalue weighted by atomic mass is 9.98. The summed E-state index contributed by atoms with van der Waals surface area (Å²) in [6.07, 6.45) is 0.716. The monoisotopic (exact) mass is 378 g/mol. The van der Waals surface area contributed by atoms with E-state index in [1.165, 1.54) is 24.3 Å². The molecule has 3 aromatic carbocycles. The van der Waals surface area contributed by atoms with Crippen LogP contribution in [-0.2, 0) is 12.8 Å². The van der Waals surface area contributed by atoms with Crippen LogP contribution in [0.2, 0.25) is 10.0 Å². The summed E-state index contributed by atoms with van der Waals surface area (Å²) in [5.41, 5.74) is 2.44. The molecule has 0 radical (unpaired) electrons. The van der Waals surface area contributed by atoms with Gasteiger partial charge in [0.25, 0.3) is 0 Å². The molecule has 0 aliphatic heterocycles. The van der Waals surface area contributed by atoms with Crippen LogP contribution >= 0.6 is 23.2 Å². The molecule has 0 amide bonds. The zero-order valence-corrected chi connectivity index (χ0v) is 14.6. The number of phenols is 1. The standard InChI is InChI=1S/C20H14Cl2F2O/c21-17-7-9-19(25)20(22)16(17)6-4-14-10-13(5-8-18(14)24)12-2-1-3-15(23)11-12/h1-3,5,7-11,25H,4,6H2. The molecule has 0 fully saturated rings. The third kappa shape index (κ3) is 3.94. The topological polar surface area (TPSA) is 20.2 Å². The average Bonchev–Trinajstić information content (AvgIpc) is 2.60. The van der Waals surface area contributed by atoms with Gasteiger partial charge in [0.05, 0.1) is 5.02 Å². The van der Waals surface area contributed by atoms with Gasteiger partial charge in [-0.3, -0.25) is 0 Å². The first kappa shape index (κ1) is 17.7. The molecule has 0 aliphatic rings.